The maximum atomic E-state index is 12.0. The highest BCUT2D eigenvalue weighted by Crippen LogP contribution is 2.20. The molecule has 0 spiro atoms. The lowest BCUT2D eigenvalue weighted by Crippen LogP contribution is -2.49. The number of amides is 1. The van der Waals surface area contributed by atoms with E-state index >= 15 is 0 Å². The lowest BCUT2D eigenvalue weighted by molar-refractivity contribution is -0.123. The minimum atomic E-state index is -0.0647. The molecule has 0 saturated carbocycles. The Labute approximate surface area is 126 Å². The van der Waals surface area contributed by atoms with Gasteiger partial charge in [0.2, 0.25) is 5.91 Å². The molecule has 6 heteroatoms. The Kier molecular flexibility index (Phi) is 5.73. The molecule has 1 amide bonds. The molecule has 0 bridgehead atoms. The Hall–Kier alpha value is -1.43. The molecule has 0 aromatic carbocycles. The average Bonchev–Trinajstić information content (AvgIpc) is 2.86. The normalized spacial score (nSPS) is 22.5. The van der Waals surface area contributed by atoms with Crippen LogP contribution in [0.1, 0.15) is 39.4 Å². The van der Waals surface area contributed by atoms with E-state index in [1.807, 2.05) is 11.6 Å². The van der Waals surface area contributed by atoms with E-state index in [0.717, 1.165) is 38.2 Å². The quantitative estimate of drug-likeness (QED) is 0.820. The summed E-state index contributed by atoms with van der Waals surface area (Å²) in [5.74, 6) is 2.21. The molecule has 6 nitrogen and oxygen atoms in total. The summed E-state index contributed by atoms with van der Waals surface area (Å²) in [7, 11) is 0. The minimum absolute atomic E-state index is 0.0647. The SMILES string of the molecule is CCNC(=O)C1CC(Cc2ncnn2CC(C)C)CCN1. The number of rotatable bonds is 6. The number of nitrogens with one attached hydrogen (secondary N) is 2. The van der Waals surface area contributed by atoms with Gasteiger partial charge in [0.05, 0.1) is 6.04 Å². The predicted molar refractivity (Wildman–Crippen MR) is 81.8 cm³/mol. The van der Waals surface area contributed by atoms with Crippen molar-refractivity contribution in [1.82, 2.24) is 25.4 Å². The fourth-order valence-corrected chi connectivity index (χ4v) is 2.88. The van der Waals surface area contributed by atoms with Crippen molar-refractivity contribution in [2.24, 2.45) is 11.8 Å². The lowest BCUT2D eigenvalue weighted by atomic mass is 9.89. The van der Waals surface area contributed by atoms with Crippen LogP contribution in [0.15, 0.2) is 6.33 Å². The van der Waals surface area contributed by atoms with Crippen LogP contribution in [0, 0.1) is 11.8 Å². The van der Waals surface area contributed by atoms with E-state index in [-0.39, 0.29) is 11.9 Å². The molecule has 118 valence electrons. The highest BCUT2D eigenvalue weighted by atomic mass is 16.2. The first-order valence-corrected chi connectivity index (χ1v) is 7.98. The maximum absolute atomic E-state index is 12.0. The number of nitrogens with zero attached hydrogens (tertiary/aromatic N) is 3. The van der Waals surface area contributed by atoms with Crippen LogP contribution >= 0.6 is 0 Å². The molecule has 1 aromatic rings. The van der Waals surface area contributed by atoms with Gasteiger partial charge in [-0.25, -0.2) is 9.67 Å². The van der Waals surface area contributed by atoms with Crippen molar-refractivity contribution in [3.63, 3.8) is 0 Å². The zero-order valence-electron chi connectivity index (χ0n) is 13.3. The highest BCUT2D eigenvalue weighted by Gasteiger charge is 2.27. The summed E-state index contributed by atoms with van der Waals surface area (Å²) in [4.78, 5) is 16.4. The van der Waals surface area contributed by atoms with Crippen LogP contribution in [0.5, 0.6) is 0 Å². The molecule has 0 radical (unpaired) electrons. The summed E-state index contributed by atoms with van der Waals surface area (Å²) >= 11 is 0. The van der Waals surface area contributed by atoms with Crippen LogP contribution in [0.25, 0.3) is 0 Å². The van der Waals surface area contributed by atoms with Gasteiger partial charge in [-0.05, 0) is 38.1 Å². The summed E-state index contributed by atoms with van der Waals surface area (Å²) in [6.45, 7) is 8.80. The molecule has 2 unspecified atom stereocenters. The third-order valence-electron chi connectivity index (χ3n) is 3.88. The van der Waals surface area contributed by atoms with Crippen molar-refractivity contribution < 1.29 is 4.79 Å². The molecular weight excluding hydrogens is 266 g/mol. The van der Waals surface area contributed by atoms with Gasteiger partial charge in [-0.1, -0.05) is 13.8 Å². The van der Waals surface area contributed by atoms with Crippen LogP contribution < -0.4 is 10.6 Å². The molecule has 1 saturated heterocycles. The molecule has 0 aliphatic carbocycles. The maximum Gasteiger partial charge on any atom is 0.237 e. The zero-order chi connectivity index (χ0) is 15.2. The van der Waals surface area contributed by atoms with Crippen molar-refractivity contribution in [3.05, 3.63) is 12.2 Å². The predicted octanol–water partition coefficient (Wildman–Crippen LogP) is 0.981. The van der Waals surface area contributed by atoms with Gasteiger partial charge in [0.15, 0.2) is 0 Å². The molecule has 1 aliphatic rings. The zero-order valence-corrected chi connectivity index (χ0v) is 13.3. The largest absolute Gasteiger partial charge is 0.355 e. The topological polar surface area (TPSA) is 71.8 Å². The van der Waals surface area contributed by atoms with Crippen LogP contribution in [0.3, 0.4) is 0 Å². The Morgan fingerprint density at radius 2 is 2.38 bits per heavy atom. The molecule has 2 rings (SSSR count). The third-order valence-corrected chi connectivity index (χ3v) is 3.88. The number of piperidine rings is 1. The van der Waals surface area contributed by atoms with Gasteiger partial charge >= 0.3 is 0 Å². The first-order chi connectivity index (χ1) is 10.1. The Morgan fingerprint density at radius 3 is 3.10 bits per heavy atom. The summed E-state index contributed by atoms with van der Waals surface area (Å²) in [5, 5.41) is 10.5. The van der Waals surface area contributed by atoms with E-state index in [4.69, 9.17) is 0 Å². The number of hydrogen-bond acceptors (Lipinski definition) is 4. The van der Waals surface area contributed by atoms with E-state index in [1.54, 1.807) is 6.33 Å². The van der Waals surface area contributed by atoms with Crippen LogP contribution in [-0.4, -0.2) is 39.8 Å². The number of carbonyl (C=O) groups is 1. The summed E-state index contributed by atoms with van der Waals surface area (Å²) in [6, 6.07) is -0.0647. The van der Waals surface area contributed by atoms with Gasteiger partial charge in [-0.15, -0.1) is 0 Å². The molecule has 1 aliphatic heterocycles. The van der Waals surface area contributed by atoms with Crippen LogP contribution in [0.2, 0.25) is 0 Å². The van der Waals surface area contributed by atoms with E-state index in [2.05, 4.69) is 34.6 Å². The summed E-state index contributed by atoms with van der Waals surface area (Å²) in [6.07, 6.45) is 4.51. The second-order valence-corrected chi connectivity index (χ2v) is 6.25. The standard InChI is InChI=1S/C15H27N5O/c1-4-16-15(21)13-7-12(5-6-17-13)8-14-18-10-19-20(14)9-11(2)3/h10-13,17H,4-9H2,1-3H3,(H,16,21). The Bertz CT molecular complexity index is 457. The summed E-state index contributed by atoms with van der Waals surface area (Å²) < 4.78 is 2.01. The van der Waals surface area contributed by atoms with Crippen molar-refractivity contribution in [1.29, 1.82) is 0 Å². The Morgan fingerprint density at radius 1 is 1.57 bits per heavy atom. The molecule has 1 aromatic heterocycles. The molecular formula is C15H27N5O. The lowest BCUT2D eigenvalue weighted by Gasteiger charge is -2.29. The van der Waals surface area contributed by atoms with Gasteiger partial charge in [-0.2, -0.15) is 5.10 Å². The van der Waals surface area contributed by atoms with Crippen molar-refractivity contribution in [2.75, 3.05) is 13.1 Å². The van der Waals surface area contributed by atoms with Gasteiger partial charge in [0.25, 0.3) is 0 Å². The second kappa shape index (κ2) is 7.54. The first kappa shape index (κ1) is 15.9. The van der Waals surface area contributed by atoms with E-state index in [9.17, 15) is 4.79 Å². The van der Waals surface area contributed by atoms with Crippen molar-refractivity contribution in [2.45, 2.75) is 52.6 Å². The van der Waals surface area contributed by atoms with Crippen LogP contribution in [0.4, 0.5) is 0 Å². The van der Waals surface area contributed by atoms with Crippen molar-refractivity contribution in [3.8, 4) is 0 Å². The fraction of sp³-hybridized carbons (Fsp3) is 0.800. The molecule has 2 N–H and O–H groups in total. The van der Waals surface area contributed by atoms with Gasteiger partial charge in [0, 0.05) is 19.5 Å². The monoisotopic (exact) mass is 293 g/mol. The van der Waals surface area contributed by atoms with E-state index < -0.39 is 0 Å². The Balaban J connectivity index is 1.93. The number of hydrogen-bond donors (Lipinski definition) is 2. The number of aromatic nitrogens is 3. The van der Waals surface area contributed by atoms with E-state index in [0.29, 0.717) is 18.4 Å². The molecule has 1 fully saturated rings. The van der Waals surface area contributed by atoms with Gasteiger partial charge < -0.3 is 10.6 Å². The van der Waals surface area contributed by atoms with Crippen molar-refractivity contribution >= 4 is 5.91 Å². The molecule has 2 heterocycles. The second-order valence-electron chi connectivity index (χ2n) is 6.25. The third kappa shape index (κ3) is 4.52. The number of likely N-dealkylation sites (N-methyl/N-ethyl adjacent to an activating group) is 1. The van der Waals surface area contributed by atoms with Crippen LogP contribution in [-0.2, 0) is 17.8 Å². The molecule has 2 atom stereocenters. The first-order valence-electron chi connectivity index (χ1n) is 7.98. The fourth-order valence-electron chi connectivity index (χ4n) is 2.88. The molecule has 21 heavy (non-hydrogen) atoms. The van der Waals surface area contributed by atoms with Gasteiger partial charge in [-0.3, -0.25) is 4.79 Å². The smallest absolute Gasteiger partial charge is 0.237 e. The van der Waals surface area contributed by atoms with E-state index in [1.165, 1.54) is 0 Å². The minimum Gasteiger partial charge on any atom is -0.355 e. The number of carbonyl (C=O) groups excluding carboxylic acids is 1. The highest BCUT2D eigenvalue weighted by molar-refractivity contribution is 5.81. The average molecular weight is 293 g/mol. The summed E-state index contributed by atoms with van der Waals surface area (Å²) in [5.41, 5.74) is 0. The van der Waals surface area contributed by atoms with Gasteiger partial charge in [0.1, 0.15) is 12.2 Å².